The fourth-order valence-electron chi connectivity index (χ4n) is 3.38. The number of nitro groups is 2. The van der Waals surface area contributed by atoms with Crippen LogP contribution in [0.15, 0.2) is 49.2 Å². The Bertz CT molecular complexity index is 1040. The summed E-state index contributed by atoms with van der Waals surface area (Å²) in [5.41, 5.74) is -0.436. The lowest BCUT2D eigenvalue weighted by molar-refractivity contribution is -0.394. The van der Waals surface area contributed by atoms with E-state index in [1.54, 1.807) is 4.90 Å². The van der Waals surface area contributed by atoms with Crippen molar-refractivity contribution in [1.82, 2.24) is 14.4 Å². The highest BCUT2D eigenvalue weighted by molar-refractivity contribution is 5.97. The van der Waals surface area contributed by atoms with Crippen LogP contribution < -0.4 is 0 Å². The van der Waals surface area contributed by atoms with Gasteiger partial charge in [0.15, 0.2) is 0 Å². The average Bonchev–Trinajstić information content (AvgIpc) is 3.52. The minimum absolute atomic E-state index is 0.00369. The Morgan fingerprint density at radius 2 is 1.81 bits per heavy atom. The fourth-order valence-corrected chi connectivity index (χ4v) is 3.38. The molecular weight excluding hydrogens is 418 g/mol. The third-order valence-corrected chi connectivity index (χ3v) is 5.23. The number of non-ortho nitro benzene ring substituents is 2. The lowest BCUT2D eigenvalue weighted by Gasteiger charge is -2.27. The molecule has 1 aromatic carbocycles. The highest BCUT2D eigenvalue weighted by Crippen LogP contribution is 2.29. The second-order valence-electron chi connectivity index (χ2n) is 7.59. The number of carbonyl (C=O) groups is 2. The van der Waals surface area contributed by atoms with E-state index in [-0.39, 0.29) is 30.6 Å². The van der Waals surface area contributed by atoms with Gasteiger partial charge in [-0.05, 0) is 25.0 Å². The first kappa shape index (κ1) is 22.7. The van der Waals surface area contributed by atoms with Gasteiger partial charge in [-0.3, -0.25) is 29.8 Å². The quantitative estimate of drug-likeness (QED) is 0.316. The minimum atomic E-state index is -0.804. The molecule has 0 atom stereocenters. The predicted octanol–water partition coefficient (Wildman–Crippen LogP) is 2.66. The van der Waals surface area contributed by atoms with Crippen molar-refractivity contribution >= 4 is 23.2 Å². The maximum atomic E-state index is 13.1. The first-order chi connectivity index (χ1) is 15.2. The van der Waals surface area contributed by atoms with Crippen LogP contribution >= 0.6 is 0 Å². The first-order valence-corrected chi connectivity index (χ1v) is 9.95. The standard InChI is InChI=1S/C21H23N5O6/c1-3-8-23(21(28)15-10-18(25(29)30)12-19(11-15)26(31)32)14-20(27)24(16-6-7-16)13-17-5-4-9-22(17)2/h3-5,9-12,16H,1,6-8,13-14H2,2H3. The molecule has 1 fully saturated rings. The van der Waals surface area contributed by atoms with Gasteiger partial charge in [0.25, 0.3) is 17.3 Å². The molecule has 0 saturated heterocycles. The molecule has 3 rings (SSSR count). The maximum Gasteiger partial charge on any atom is 0.277 e. The van der Waals surface area contributed by atoms with Gasteiger partial charge in [0, 0.05) is 43.7 Å². The van der Waals surface area contributed by atoms with Gasteiger partial charge in [0.1, 0.15) is 6.54 Å². The molecule has 0 N–H and O–H groups in total. The molecule has 2 aromatic rings. The van der Waals surface area contributed by atoms with Gasteiger partial charge in [0.2, 0.25) is 5.91 Å². The number of nitrogens with zero attached hydrogens (tertiary/aromatic N) is 5. The van der Waals surface area contributed by atoms with Crippen LogP contribution in [-0.2, 0) is 18.4 Å². The molecule has 1 aromatic heterocycles. The summed E-state index contributed by atoms with van der Waals surface area (Å²) >= 11 is 0. The van der Waals surface area contributed by atoms with Gasteiger partial charge in [-0.1, -0.05) is 6.08 Å². The number of hydrogen-bond donors (Lipinski definition) is 0. The Balaban J connectivity index is 1.84. The molecule has 11 nitrogen and oxygen atoms in total. The number of aryl methyl sites for hydroxylation is 1. The molecule has 0 radical (unpaired) electrons. The SMILES string of the molecule is C=CCN(CC(=O)N(Cc1cccn1C)C1CC1)C(=O)c1cc([N+](=O)[O-])cc([N+](=O)[O-])c1. The molecule has 0 bridgehead atoms. The van der Waals surface area contributed by atoms with Crippen LogP contribution in [0.4, 0.5) is 11.4 Å². The Morgan fingerprint density at radius 3 is 2.28 bits per heavy atom. The van der Waals surface area contributed by atoms with Crippen LogP contribution in [0.1, 0.15) is 28.9 Å². The Labute approximate surface area is 183 Å². The molecule has 32 heavy (non-hydrogen) atoms. The van der Waals surface area contributed by atoms with Crippen LogP contribution in [0.3, 0.4) is 0 Å². The smallest absolute Gasteiger partial charge is 0.277 e. The third-order valence-electron chi connectivity index (χ3n) is 5.23. The monoisotopic (exact) mass is 441 g/mol. The topological polar surface area (TPSA) is 132 Å². The zero-order chi connectivity index (χ0) is 23.4. The molecule has 0 unspecified atom stereocenters. The summed E-state index contributed by atoms with van der Waals surface area (Å²) in [5.74, 6) is -0.997. The zero-order valence-electron chi connectivity index (χ0n) is 17.5. The second kappa shape index (κ2) is 9.41. The normalized spacial score (nSPS) is 12.8. The Hall–Kier alpha value is -4.02. The molecule has 11 heteroatoms. The van der Waals surface area contributed by atoms with Gasteiger partial charge >= 0.3 is 0 Å². The summed E-state index contributed by atoms with van der Waals surface area (Å²) in [6.07, 6.45) is 5.06. The van der Waals surface area contributed by atoms with Crippen molar-refractivity contribution in [3.8, 4) is 0 Å². The highest BCUT2D eigenvalue weighted by Gasteiger charge is 2.34. The number of amides is 2. The molecule has 1 heterocycles. The van der Waals surface area contributed by atoms with Gasteiger partial charge in [-0.2, -0.15) is 0 Å². The van der Waals surface area contributed by atoms with Gasteiger partial charge < -0.3 is 14.4 Å². The molecule has 168 valence electrons. The first-order valence-electron chi connectivity index (χ1n) is 9.95. The molecular formula is C21H23N5O6. The molecule has 2 amide bonds. The number of hydrogen-bond acceptors (Lipinski definition) is 6. The van der Waals surface area contributed by atoms with E-state index >= 15 is 0 Å². The lowest BCUT2D eigenvalue weighted by Crippen LogP contribution is -2.43. The molecule has 1 aliphatic rings. The average molecular weight is 441 g/mol. The molecule has 1 aliphatic carbocycles. The third kappa shape index (κ3) is 5.17. The summed E-state index contributed by atoms with van der Waals surface area (Å²) in [5, 5.41) is 22.3. The van der Waals surface area contributed by atoms with Crippen molar-refractivity contribution in [2.24, 2.45) is 7.05 Å². The number of nitro benzene ring substituents is 2. The summed E-state index contributed by atoms with van der Waals surface area (Å²) in [4.78, 5) is 49.8. The predicted molar refractivity (Wildman–Crippen MR) is 115 cm³/mol. The van der Waals surface area contributed by atoms with Crippen molar-refractivity contribution in [3.63, 3.8) is 0 Å². The van der Waals surface area contributed by atoms with Crippen LogP contribution in [0, 0.1) is 20.2 Å². The number of benzene rings is 1. The van der Waals surface area contributed by atoms with Crippen molar-refractivity contribution < 1.29 is 19.4 Å². The van der Waals surface area contributed by atoms with E-state index in [4.69, 9.17) is 0 Å². The maximum absolute atomic E-state index is 13.1. The van der Waals surface area contributed by atoms with E-state index in [9.17, 15) is 29.8 Å². The fraction of sp³-hybridized carbons (Fsp3) is 0.333. The van der Waals surface area contributed by atoms with Crippen LogP contribution in [-0.4, -0.2) is 55.2 Å². The van der Waals surface area contributed by atoms with Crippen LogP contribution in [0.25, 0.3) is 0 Å². The van der Waals surface area contributed by atoms with Crippen molar-refractivity contribution in [2.45, 2.75) is 25.4 Å². The van der Waals surface area contributed by atoms with E-state index < -0.39 is 27.1 Å². The number of carbonyl (C=O) groups excluding carboxylic acids is 2. The van der Waals surface area contributed by atoms with Crippen molar-refractivity contribution in [3.05, 3.63) is 80.7 Å². The van der Waals surface area contributed by atoms with Crippen molar-refractivity contribution in [1.29, 1.82) is 0 Å². The second-order valence-corrected chi connectivity index (χ2v) is 7.59. The molecule has 0 aliphatic heterocycles. The lowest BCUT2D eigenvalue weighted by atomic mass is 10.1. The zero-order valence-corrected chi connectivity index (χ0v) is 17.5. The van der Waals surface area contributed by atoms with E-state index in [1.807, 2.05) is 29.9 Å². The summed E-state index contributed by atoms with van der Waals surface area (Å²) in [7, 11) is 1.88. The Kier molecular flexibility index (Phi) is 6.67. The van der Waals surface area contributed by atoms with E-state index in [0.717, 1.165) is 36.7 Å². The van der Waals surface area contributed by atoms with Crippen molar-refractivity contribution in [2.75, 3.05) is 13.1 Å². The summed E-state index contributed by atoms with van der Waals surface area (Å²) in [6.45, 7) is 3.72. The Morgan fingerprint density at radius 1 is 1.19 bits per heavy atom. The van der Waals surface area contributed by atoms with Gasteiger partial charge in [-0.15, -0.1) is 6.58 Å². The molecule has 1 saturated carbocycles. The minimum Gasteiger partial charge on any atom is -0.353 e. The van der Waals surface area contributed by atoms with Gasteiger partial charge in [0.05, 0.1) is 28.0 Å². The van der Waals surface area contributed by atoms with Crippen LogP contribution in [0.2, 0.25) is 0 Å². The highest BCUT2D eigenvalue weighted by atomic mass is 16.6. The van der Waals surface area contributed by atoms with E-state index in [1.165, 1.54) is 11.0 Å². The summed E-state index contributed by atoms with van der Waals surface area (Å²) in [6, 6.07) is 6.62. The van der Waals surface area contributed by atoms with E-state index in [0.29, 0.717) is 6.54 Å². The van der Waals surface area contributed by atoms with E-state index in [2.05, 4.69) is 6.58 Å². The summed E-state index contributed by atoms with van der Waals surface area (Å²) < 4.78 is 1.91. The van der Waals surface area contributed by atoms with Gasteiger partial charge in [-0.25, -0.2) is 0 Å². The molecule has 0 spiro atoms. The number of aromatic nitrogens is 1. The largest absolute Gasteiger partial charge is 0.353 e. The van der Waals surface area contributed by atoms with Crippen LogP contribution in [0.5, 0.6) is 0 Å². The number of rotatable bonds is 10.